The van der Waals surface area contributed by atoms with Crippen molar-refractivity contribution in [2.75, 3.05) is 13.7 Å². The van der Waals surface area contributed by atoms with Crippen LogP contribution in [0.5, 0.6) is 5.75 Å². The van der Waals surface area contributed by atoms with E-state index in [0.29, 0.717) is 23.4 Å². The third kappa shape index (κ3) is 7.95. The molecule has 0 bridgehead atoms. The molecule has 0 radical (unpaired) electrons. The fourth-order valence-electron chi connectivity index (χ4n) is 4.03. The number of ether oxygens (including phenoxy) is 4. The molecule has 3 rings (SSSR count). The minimum Gasteiger partial charge on any atom is -0.490 e. The number of amides is 1. The van der Waals surface area contributed by atoms with Crippen molar-refractivity contribution in [3.05, 3.63) is 59.5 Å². The van der Waals surface area contributed by atoms with Crippen LogP contribution in [0, 0.1) is 6.92 Å². The molecule has 0 aliphatic heterocycles. The van der Waals surface area contributed by atoms with Crippen LogP contribution < -0.4 is 10.1 Å². The Balaban J connectivity index is 1.94. The van der Waals surface area contributed by atoms with Crippen molar-refractivity contribution in [1.29, 1.82) is 0 Å². The number of benzene rings is 1. The van der Waals surface area contributed by atoms with Gasteiger partial charge in [-0.25, -0.2) is 19.0 Å². The van der Waals surface area contributed by atoms with Crippen molar-refractivity contribution in [3.8, 4) is 5.75 Å². The number of hydrogen-bond acceptors (Lipinski definition) is 8. The van der Waals surface area contributed by atoms with E-state index in [1.165, 1.54) is 25.6 Å². The molecule has 0 fully saturated rings. The third-order valence-corrected chi connectivity index (χ3v) is 5.58. The topological polar surface area (TPSA) is 118 Å². The second-order valence-electron chi connectivity index (χ2n) is 11.2. The summed E-state index contributed by atoms with van der Waals surface area (Å²) in [6, 6.07) is 8.48. The third-order valence-electron chi connectivity index (χ3n) is 5.58. The highest BCUT2D eigenvalue weighted by Gasteiger charge is 2.27. The summed E-state index contributed by atoms with van der Waals surface area (Å²) in [4.78, 5) is 41.8. The zero-order valence-corrected chi connectivity index (χ0v) is 23.8. The minimum absolute atomic E-state index is 0.0386. The first-order chi connectivity index (χ1) is 18.2. The Labute approximate surface area is 228 Å². The van der Waals surface area contributed by atoms with Crippen LogP contribution >= 0.6 is 0 Å². The Kier molecular flexibility index (Phi) is 8.88. The standard InChI is InChI=1S/C29H37N3O7/c1-18-23(22-11-9-10-12-24(22)32(18)27(35)39-29(5,6)7)14-20(31-26(34)38-28(2,3)4)17-37-21-13-19(15-30-16-21)25(33)36-8/h9-13,15-16,20H,14,17H2,1-8H3,(H,31,34). The predicted octanol–water partition coefficient (Wildman–Crippen LogP) is 5.43. The number of nitrogens with one attached hydrogen (secondary N) is 1. The molecule has 2 aromatic heterocycles. The average molecular weight is 540 g/mol. The fraction of sp³-hybridized carbons (Fsp3) is 0.448. The highest BCUT2D eigenvalue weighted by Crippen LogP contribution is 2.28. The summed E-state index contributed by atoms with van der Waals surface area (Å²) in [6.07, 6.45) is 2.08. The van der Waals surface area contributed by atoms with Gasteiger partial charge in [-0.2, -0.15) is 0 Å². The molecule has 0 spiro atoms. The predicted molar refractivity (Wildman–Crippen MR) is 146 cm³/mol. The van der Waals surface area contributed by atoms with Gasteiger partial charge in [0, 0.05) is 17.3 Å². The normalized spacial score (nSPS) is 12.5. The minimum atomic E-state index is -0.698. The van der Waals surface area contributed by atoms with Crippen LogP contribution in [0.2, 0.25) is 0 Å². The van der Waals surface area contributed by atoms with Crippen molar-refractivity contribution >= 4 is 29.1 Å². The van der Waals surface area contributed by atoms with E-state index in [0.717, 1.165) is 10.9 Å². The van der Waals surface area contributed by atoms with Crippen molar-refractivity contribution in [2.45, 2.75) is 72.1 Å². The summed E-state index contributed by atoms with van der Waals surface area (Å²) in [5, 5.41) is 3.74. The molecule has 1 aromatic carbocycles. The van der Waals surface area contributed by atoms with Crippen LogP contribution in [0.15, 0.2) is 42.7 Å². The lowest BCUT2D eigenvalue weighted by molar-refractivity contribution is 0.0483. The Bertz CT molecular complexity index is 1350. The summed E-state index contributed by atoms with van der Waals surface area (Å²) < 4.78 is 23.4. The van der Waals surface area contributed by atoms with Gasteiger partial charge >= 0.3 is 18.2 Å². The van der Waals surface area contributed by atoms with Crippen LogP contribution in [0.1, 0.15) is 63.2 Å². The number of carbonyl (C=O) groups is 3. The molecule has 1 unspecified atom stereocenters. The smallest absolute Gasteiger partial charge is 0.419 e. The molecule has 10 nitrogen and oxygen atoms in total. The summed E-state index contributed by atoms with van der Waals surface area (Å²) in [5.41, 5.74) is 1.11. The van der Waals surface area contributed by atoms with Gasteiger partial charge in [-0.1, -0.05) is 18.2 Å². The van der Waals surface area contributed by atoms with Crippen LogP contribution in [-0.4, -0.2) is 58.7 Å². The molecule has 0 aliphatic carbocycles. The number of methoxy groups -OCH3 is 1. The Morgan fingerprint density at radius 3 is 2.31 bits per heavy atom. The maximum Gasteiger partial charge on any atom is 0.419 e. The number of esters is 1. The number of aromatic nitrogens is 2. The van der Waals surface area contributed by atoms with E-state index in [4.69, 9.17) is 18.9 Å². The summed E-state index contributed by atoms with van der Waals surface area (Å²) in [7, 11) is 1.28. The molecule has 3 aromatic rings. The lowest BCUT2D eigenvalue weighted by Crippen LogP contribution is -2.43. The Morgan fingerprint density at radius 2 is 1.67 bits per heavy atom. The second kappa shape index (κ2) is 11.8. The SMILES string of the molecule is COC(=O)c1cncc(OCC(Cc2c(C)n(C(=O)OC(C)(C)C)c3ccccc23)NC(=O)OC(C)(C)C)c1. The zero-order valence-electron chi connectivity index (χ0n) is 23.8. The molecule has 39 heavy (non-hydrogen) atoms. The molecule has 0 saturated heterocycles. The highest BCUT2D eigenvalue weighted by atomic mass is 16.6. The zero-order chi connectivity index (χ0) is 29.0. The number of hydrogen-bond donors (Lipinski definition) is 1. The molecule has 2 heterocycles. The number of carbonyl (C=O) groups excluding carboxylic acids is 3. The Morgan fingerprint density at radius 1 is 1.00 bits per heavy atom. The maximum absolute atomic E-state index is 13.1. The van der Waals surface area contributed by atoms with Crippen LogP contribution in [-0.2, 0) is 20.6 Å². The molecule has 0 aliphatic rings. The first-order valence-electron chi connectivity index (χ1n) is 12.7. The van der Waals surface area contributed by atoms with Gasteiger partial charge < -0.3 is 24.3 Å². The number of para-hydroxylation sites is 1. The first-order valence-corrected chi connectivity index (χ1v) is 12.7. The fourth-order valence-corrected chi connectivity index (χ4v) is 4.03. The highest BCUT2D eigenvalue weighted by molar-refractivity contribution is 5.94. The van der Waals surface area contributed by atoms with Crippen LogP contribution in [0.4, 0.5) is 9.59 Å². The quantitative estimate of drug-likeness (QED) is 0.312. The van der Waals surface area contributed by atoms with Gasteiger partial charge in [0.1, 0.15) is 23.6 Å². The average Bonchev–Trinajstić information content (AvgIpc) is 3.11. The molecular formula is C29H37N3O7. The summed E-state index contributed by atoms with van der Waals surface area (Å²) >= 11 is 0. The number of fused-ring (bicyclic) bond motifs is 1. The summed E-state index contributed by atoms with van der Waals surface area (Å²) in [6.45, 7) is 12.7. The second-order valence-corrected chi connectivity index (χ2v) is 11.2. The van der Waals surface area contributed by atoms with E-state index in [2.05, 4.69) is 10.3 Å². The lowest BCUT2D eigenvalue weighted by Gasteiger charge is -2.24. The van der Waals surface area contributed by atoms with E-state index >= 15 is 0 Å². The van der Waals surface area contributed by atoms with Crippen LogP contribution in [0.25, 0.3) is 10.9 Å². The first kappa shape index (κ1) is 29.5. The van der Waals surface area contributed by atoms with Crippen LogP contribution in [0.3, 0.4) is 0 Å². The molecular weight excluding hydrogens is 502 g/mol. The van der Waals surface area contributed by atoms with Crippen molar-refractivity contribution in [1.82, 2.24) is 14.9 Å². The number of rotatable bonds is 7. The summed E-state index contributed by atoms with van der Waals surface area (Å²) in [5.74, 6) is -0.205. The number of nitrogens with zero attached hydrogens (tertiary/aromatic N) is 2. The van der Waals surface area contributed by atoms with E-state index < -0.39 is 35.4 Å². The molecule has 210 valence electrons. The van der Waals surface area contributed by atoms with Gasteiger partial charge in [0.2, 0.25) is 0 Å². The van der Waals surface area contributed by atoms with E-state index in [9.17, 15) is 14.4 Å². The van der Waals surface area contributed by atoms with E-state index in [-0.39, 0.29) is 12.2 Å². The Hall–Kier alpha value is -4.08. The maximum atomic E-state index is 13.1. The molecule has 0 saturated carbocycles. The largest absolute Gasteiger partial charge is 0.490 e. The number of pyridine rings is 1. The van der Waals surface area contributed by atoms with E-state index in [1.807, 2.05) is 52.0 Å². The van der Waals surface area contributed by atoms with Crippen molar-refractivity contribution < 1.29 is 33.3 Å². The van der Waals surface area contributed by atoms with Gasteiger partial charge in [-0.3, -0.25) is 4.98 Å². The monoisotopic (exact) mass is 539 g/mol. The van der Waals surface area contributed by atoms with Crippen molar-refractivity contribution in [3.63, 3.8) is 0 Å². The molecule has 1 atom stereocenters. The van der Waals surface area contributed by atoms with Gasteiger partial charge in [-0.05, 0) is 72.6 Å². The van der Waals surface area contributed by atoms with Gasteiger partial charge in [0.25, 0.3) is 0 Å². The van der Waals surface area contributed by atoms with Gasteiger partial charge in [-0.15, -0.1) is 0 Å². The van der Waals surface area contributed by atoms with Crippen molar-refractivity contribution in [2.24, 2.45) is 0 Å². The lowest BCUT2D eigenvalue weighted by atomic mass is 10.0. The van der Waals surface area contributed by atoms with Gasteiger partial charge in [0.05, 0.1) is 30.4 Å². The molecule has 1 N–H and O–H groups in total. The molecule has 1 amide bonds. The molecule has 10 heteroatoms. The number of alkyl carbamates (subject to hydrolysis) is 1. The van der Waals surface area contributed by atoms with E-state index in [1.54, 1.807) is 25.3 Å². The van der Waals surface area contributed by atoms with Gasteiger partial charge in [0.15, 0.2) is 0 Å².